The minimum atomic E-state index is -0.390. The van der Waals surface area contributed by atoms with Crippen molar-refractivity contribution in [2.45, 2.75) is 20.3 Å². The molecule has 0 atom stereocenters. The van der Waals surface area contributed by atoms with Gasteiger partial charge in [-0.25, -0.2) is 14.4 Å². The molecular weight excluding hydrogens is 520 g/mol. The maximum atomic E-state index is 13.2. The van der Waals surface area contributed by atoms with Gasteiger partial charge >= 0.3 is 0 Å². The molecule has 0 aliphatic carbocycles. The van der Waals surface area contributed by atoms with Crippen LogP contribution in [0.3, 0.4) is 0 Å². The Hall–Kier alpha value is -2.02. The molecule has 0 spiro atoms. The summed E-state index contributed by atoms with van der Waals surface area (Å²) >= 11 is 1.44. The smallest absolute Gasteiger partial charge is 0.246 e. The van der Waals surface area contributed by atoms with E-state index < -0.39 is 0 Å². The second-order valence-electron chi connectivity index (χ2n) is 6.55. The van der Waals surface area contributed by atoms with Gasteiger partial charge in [0.1, 0.15) is 18.2 Å². The van der Waals surface area contributed by atoms with E-state index in [1.54, 1.807) is 12.1 Å². The van der Waals surface area contributed by atoms with Crippen molar-refractivity contribution in [1.29, 1.82) is 0 Å². The molecule has 2 aromatic rings. The summed E-state index contributed by atoms with van der Waals surface area (Å²) in [6, 6.07) is 5.82. The van der Waals surface area contributed by atoms with Crippen LogP contribution >= 0.6 is 35.5 Å². The van der Waals surface area contributed by atoms with Gasteiger partial charge in [0.05, 0.1) is 0 Å². The van der Waals surface area contributed by atoms with Gasteiger partial charge in [0.25, 0.3) is 0 Å². The fourth-order valence-electron chi connectivity index (χ4n) is 2.97. The van der Waals surface area contributed by atoms with Gasteiger partial charge in [-0.3, -0.25) is 4.79 Å². The summed E-state index contributed by atoms with van der Waals surface area (Å²) in [7, 11) is 0. The largest absolute Gasteiger partial charge is 0.357 e. The van der Waals surface area contributed by atoms with E-state index in [1.807, 2.05) is 13.8 Å². The third-order valence-corrected chi connectivity index (χ3v) is 5.25. The van der Waals surface area contributed by atoms with Crippen molar-refractivity contribution in [2.24, 2.45) is 4.99 Å². The van der Waals surface area contributed by atoms with Crippen LogP contribution in [0.1, 0.15) is 19.7 Å². The summed E-state index contributed by atoms with van der Waals surface area (Å²) in [5.74, 6) is 0.907. The van der Waals surface area contributed by atoms with Gasteiger partial charge in [-0.15, -0.1) is 24.0 Å². The molecule has 3 rings (SSSR count). The first kappa shape index (κ1) is 24.3. The molecule has 8 nitrogen and oxygen atoms in total. The Labute approximate surface area is 197 Å². The highest BCUT2D eigenvalue weighted by molar-refractivity contribution is 14.0. The minimum Gasteiger partial charge on any atom is -0.357 e. The van der Waals surface area contributed by atoms with E-state index in [1.165, 1.54) is 23.7 Å². The molecule has 1 aromatic carbocycles. The number of amides is 1. The molecule has 1 aromatic heterocycles. The molecule has 0 saturated carbocycles. The van der Waals surface area contributed by atoms with Gasteiger partial charge in [-0.2, -0.15) is 4.37 Å². The quantitative estimate of drug-likeness (QED) is 0.329. The summed E-state index contributed by atoms with van der Waals surface area (Å²) < 4.78 is 17.6. The van der Waals surface area contributed by atoms with Crippen LogP contribution < -0.4 is 15.5 Å². The molecule has 1 aliphatic heterocycles. The lowest BCUT2D eigenvalue weighted by atomic mass is 10.3. The highest BCUT2D eigenvalue weighted by Gasteiger charge is 2.22. The Morgan fingerprint density at radius 1 is 1.27 bits per heavy atom. The summed E-state index contributed by atoms with van der Waals surface area (Å²) in [6.45, 7) is 7.91. The Morgan fingerprint density at radius 2 is 2.03 bits per heavy atom. The number of rotatable bonds is 6. The molecule has 164 valence electrons. The average molecular weight is 547 g/mol. The standard InChI is InChI=1S/C19H26FN7OS.HI/c1-3-16-24-19(29-25-16)27-10-8-26(9-11-27)18(21-4-2)22-13-17(28)23-15-7-5-6-14(20)12-15;/h5-7,12H,3-4,8-11,13H2,1-2H3,(H,21,22)(H,23,28);1H. The van der Waals surface area contributed by atoms with Crippen LogP contribution in [-0.2, 0) is 11.2 Å². The van der Waals surface area contributed by atoms with E-state index in [2.05, 4.69) is 34.8 Å². The van der Waals surface area contributed by atoms with Crippen LogP contribution in [0.5, 0.6) is 0 Å². The molecule has 30 heavy (non-hydrogen) atoms. The Bertz CT molecular complexity index is 855. The number of anilines is 2. The molecular formula is C19H27FIN7OS. The van der Waals surface area contributed by atoms with Crippen molar-refractivity contribution < 1.29 is 9.18 Å². The number of piperazine rings is 1. The van der Waals surface area contributed by atoms with Gasteiger partial charge in [0.15, 0.2) is 5.96 Å². The van der Waals surface area contributed by atoms with Gasteiger partial charge in [-0.1, -0.05) is 13.0 Å². The third-order valence-electron chi connectivity index (χ3n) is 4.44. The topological polar surface area (TPSA) is 85.8 Å². The predicted octanol–water partition coefficient (Wildman–Crippen LogP) is 2.58. The number of carbonyl (C=O) groups is 1. The molecule has 1 fully saturated rings. The molecule has 0 radical (unpaired) electrons. The normalized spacial score (nSPS) is 14.3. The van der Waals surface area contributed by atoms with Crippen molar-refractivity contribution in [2.75, 3.05) is 49.5 Å². The zero-order valence-electron chi connectivity index (χ0n) is 17.1. The molecule has 1 saturated heterocycles. The first-order chi connectivity index (χ1) is 14.1. The highest BCUT2D eigenvalue weighted by atomic mass is 127. The molecule has 2 N–H and O–H groups in total. The number of nitrogens with zero attached hydrogens (tertiary/aromatic N) is 5. The van der Waals surface area contributed by atoms with Crippen LogP contribution in [0.15, 0.2) is 29.3 Å². The van der Waals surface area contributed by atoms with Crippen LogP contribution in [0.25, 0.3) is 0 Å². The fraction of sp³-hybridized carbons (Fsp3) is 0.474. The van der Waals surface area contributed by atoms with E-state index in [-0.39, 0.29) is 42.2 Å². The maximum Gasteiger partial charge on any atom is 0.246 e. The number of halogens is 2. The van der Waals surface area contributed by atoms with Crippen molar-refractivity contribution in [1.82, 2.24) is 19.6 Å². The lowest BCUT2D eigenvalue weighted by molar-refractivity contribution is -0.114. The number of hydrogen-bond acceptors (Lipinski definition) is 6. The molecule has 0 unspecified atom stereocenters. The van der Waals surface area contributed by atoms with Crippen LogP contribution in [0, 0.1) is 5.82 Å². The van der Waals surface area contributed by atoms with Crippen molar-refractivity contribution >= 4 is 58.2 Å². The van der Waals surface area contributed by atoms with Crippen molar-refractivity contribution in [3.05, 3.63) is 35.9 Å². The second kappa shape index (κ2) is 12.0. The van der Waals surface area contributed by atoms with Crippen LogP contribution in [0.2, 0.25) is 0 Å². The van der Waals surface area contributed by atoms with Gasteiger partial charge in [-0.05, 0) is 25.1 Å². The van der Waals surface area contributed by atoms with Crippen molar-refractivity contribution in [3.63, 3.8) is 0 Å². The number of aliphatic imine (C=N–C) groups is 1. The monoisotopic (exact) mass is 547 g/mol. The van der Waals surface area contributed by atoms with Crippen LogP contribution in [-0.4, -0.2) is 65.4 Å². The molecule has 1 amide bonds. The Balaban J connectivity index is 0.00000320. The number of aryl methyl sites for hydroxylation is 1. The number of carbonyl (C=O) groups excluding carboxylic acids is 1. The van der Waals surface area contributed by atoms with Gasteiger partial charge < -0.3 is 20.4 Å². The van der Waals surface area contributed by atoms with E-state index >= 15 is 0 Å². The number of nitrogens with one attached hydrogen (secondary N) is 2. The lowest BCUT2D eigenvalue weighted by Gasteiger charge is -2.36. The fourth-order valence-corrected chi connectivity index (χ4v) is 3.77. The number of aromatic nitrogens is 2. The SMILES string of the molecule is CCNC(=NCC(=O)Nc1cccc(F)c1)N1CCN(c2nc(CC)ns2)CC1.I. The Morgan fingerprint density at radius 3 is 2.67 bits per heavy atom. The average Bonchev–Trinajstić information content (AvgIpc) is 3.21. The molecule has 11 heteroatoms. The van der Waals surface area contributed by atoms with E-state index in [9.17, 15) is 9.18 Å². The summed E-state index contributed by atoms with van der Waals surface area (Å²) in [6.07, 6.45) is 0.839. The number of guanidine groups is 1. The number of hydrogen-bond donors (Lipinski definition) is 2. The molecule has 2 heterocycles. The van der Waals surface area contributed by atoms with Gasteiger partial charge in [0, 0.05) is 56.4 Å². The molecule has 1 aliphatic rings. The first-order valence-electron chi connectivity index (χ1n) is 9.75. The van der Waals surface area contributed by atoms with Crippen LogP contribution in [0.4, 0.5) is 15.2 Å². The second-order valence-corrected chi connectivity index (χ2v) is 7.28. The maximum absolute atomic E-state index is 13.2. The van der Waals surface area contributed by atoms with Gasteiger partial charge in [0.2, 0.25) is 11.0 Å². The van der Waals surface area contributed by atoms with Crippen molar-refractivity contribution in [3.8, 4) is 0 Å². The summed E-state index contributed by atoms with van der Waals surface area (Å²) in [4.78, 5) is 25.5. The number of benzene rings is 1. The van der Waals surface area contributed by atoms with E-state index in [0.717, 1.165) is 43.6 Å². The summed E-state index contributed by atoms with van der Waals surface area (Å²) in [5, 5.41) is 6.86. The Kier molecular flexibility index (Phi) is 9.69. The minimum absolute atomic E-state index is 0. The lowest BCUT2D eigenvalue weighted by Crippen LogP contribution is -2.52. The molecule has 0 bridgehead atoms. The predicted molar refractivity (Wildman–Crippen MR) is 129 cm³/mol. The van der Waals surface area contributed by atoms with E-state index in [0.29, 0.717) is 18.2 Å². The third kappa shape index (κ3) is 6.76. The van der Waals surface area contributed by atoms with E-state index in [4.69, 9.17) is 0 Å². The zero-order chi connectivity index (χ0) is 20.6. The zero-order valence-corrected chi connectivity index (χ0v) is 20.2. The summed E-state index contributed by atoms with van der Waals surface area (Å²) in [5.41, 5.74) is 0.423. The highest BCUT2D eigenvalue weighted by Crippen LogP contribution is 2.19. The first-order valence-corrected chi connectivity index (χ1v) is 10.5.